The summed E-state index contributed by atoms with van der Waals surface area (Å²) in [5.74, 6) is 0. The Morgan fingerprint density at radius 1 is 1.32 bits per heavy atom. The van der Waals surface area contributed by atoms with Gasteiger partial charge in [-0.1, -0.05) is 37.1 Å². The Morgan fingerprint density at radius 3 is 2.58 bits per heavy atom. The number of hydrazine groups is 1. The third kappa shape index (κ3) is 3.71. The Labute approximate surface area is 122 Å². The standard InChI is InChI=1S/C16H25ClN2/c1-4-16(14-9-6-10-15(17)11-14)18-19-12(2)7-5-8-13(19)3/h6,9-13,16,18H,4-5,7-8H2,1-3H3. The first kappa shape index (κ1) is 14.8. The highest BCUT2D eigenvalue weighted by Gasteiger charge is 2.26. The van der Waals surface area contributed by atoms with E-state index in [4.69, 9.17) is 11.6 Å². The van der Waals surface area contributed by atoms with Crippen molar-refractivity contribution in [2.75, 3.05) is 0 Å². The van der Waals surface area contributed by atoms with Crippen molar-refractivity contribution in [1.82, 2.24) is 10.4 Å². The van der Waals surface area contributed by atoms with Crippen LogP contribution < -0.4 is 5.43 Å². The van der Waals surface area contributed by atoms with Gasteiger partial charge >= 0.3 is 0 Å². The Balaban J connectivity index is 2.10. The fraction of sp³-hybridized carbons (Fsp3) is 0.625. The van der Waals surface area contributed by atoms with Crippen LogP contribution >= 0.6 is 11.6 Å². The molecule has 1 aliphatic rings. The van der Waals surface area contributed by atoms with Gasteiger partial charge in [-0.15, -0.1) is 0 Å². The molecule has 0 bridgehead atoms. The molecule has 3 heteroatoms. The van der Waals surface area contributed by atoms with Crippen molar-refractivity contribution < 1.29 is 0 Å². The number of halogens is 1. The maximum Gasteiger partial charge on any atom is 0.0462 e. The maximum atomic E-state index is 6.10. The van der Waals surface area contributed by atoms with Crippen LogP contribution in [-0.4, -0.2) is 17.1 Å². The summed E-state index contributed by atoms with van der Waals surface area (Å²) in [6.07, 6.45) is 4.97. The highest BCUT2D eigenvalue weighted by Crippen LogP contribution is 2.25. The zero-order chi connectivity index (χ0) is 13.8. The first-order valence-corrected chi connectivity index (χ1v) is 7.79. The van der Waals surface area contributed by atoms with E-state index in [1.165, 1.54) is 24.8 Å². The SMILES string of the molecule is CCC(NN1C(C)CCCC1C)c1cccc(Cl)c1. The smallest absolute Gasteiger partial charge is 0.0462 e. The van der Waals surface area contributed by atoms with E-state index in [1.807, 2.05) is 12.1 Å². The molecule has 3 atom stereocenters. The van der Waals surface area contributed by atoms with Gasteiger partial charge in [-0.25, -0.2) is 10.4 Å². The molecule has 1 saturated heterocycles. The molecule has 0 amide bonds. The molecule has 0 radical (unpaired) electrons. The average Bonchev–Trinajstić information content (AvgIpc) is 2.38. The second-order valence-electron chi connectivity index (χ2n) is 5.68. The van der Waals surface area contributed by atoms with Gasteiger partial charge in [-0.2, -0.15) is 0 Å². The lowest BCUT2D eigenvalue weighted by atomic mass is 9.99. The number of hydrogen-bond donors (Lipinski definition) is 1. The van der Waals surface area contributed by atoms with Crippen LogP contribution in [0.25, 0.3) is 0 Å². The summed E-state index contributed by atoms with van der Waals surface area (Å²) in [6, 6.07) is 9.76. The van der Waals surface area contributed by atoms with E-state index >= 15 is 0 Å². The molecule has 2 nitrogen and oxygen atoms in total. The van der Waals surface area contributed by atoms with Crippen molar-refractivity contribution in [3.63, 3.8) is 0 Å². The fourth-order valence-electron chi connectivity index (χ4n) is 2.98. The van der Waals surface area contributed by atoms with Crippen LogP contribution in [0.5, 0.6) is 0 Å². The van der Waals surface area contributed by atoms with Crippen LogP contribution in [0.3, 0.4) is 0 Å². The van der Waals surface area contributed by atoms with Crippen LogP contribution in [0, 0.1) is 0 Å². The quantitative estimate of drug-likeness (QED) is 0.870. The zero-order valence-electron chi connectivity index (χ0n) is 12.2. The van der Waals surface area contributed by atoms with Gasteiger partial charge in [0, 0.05) is 23.1 Å². The molecule has 1 aromatic carbocycles. The summed E-state index contributed by atoms with van der Waals surface area (Å²) >= 11 is 6.10. The fourth-order valence-corrected chi connectivity index (χ4v) is 3.18. The molecule has 0 aliphatic carbocycles. The minimum atomic E-state index is 0.349. The second kappa shape index (κ2) is 6.74. The van der Waals surface area contributed by atoms with E-state index < -0.39 is 0 Å². The van der Waals surface area contributed by atoms with Gasteiger partial charge in [0.1, 0.15) is 0 Å². The summed E-state index contributed by atoms with van der Waals surface area (Å²) < 4.78 is 0. The Bertz CT molecular complexity index is 397. The Morgan fingerprint density at radius 2 is 2.00 bits per heavy atom. The topological polar surface area (TPSA) is 15.3 Å². The monoisotopic (exact) mass is 280 g/mol. The van der Waals surface area contributed by atoms with Crippen molar-refractivity contribution >= 4 is 11.6 Å². The number of rotatable bonds is 4. The molecule has 1 aliphatic heterocycles. The van der Waals surface area contributed by atoms with Gasteiger partial charge in [0.25, 0.3) is 0 Å². The van der Waals surface area contributed by atoms with E-state index in [2.05, 4.69) is 43.3 Å². The number of benzene rings is 1. The summed E-state index contributed by atoms with van der Waals surface area (Å²) in [5.41, 5.74) is 5.00. The van der Waals surface area contributed by atoms with Crippen molar-refractivity contribution in [1.29, 1.82) is 0 Å². The molecule has 1 N–H and O–H groups in total. The maximum absolute atomic E-state index is 6.10. The molecule has 106 valence electrons. The largest absolute Gasteiger partial charge is 0.247 e. The zero-order valence-corrected chi connectivity index (χ0v) is 13.0. The van der Waals surface area contributed by atoms with E-state index in [9.17, 15) is 0 Å². The van der Waals surface area contributed by atoms with Gasteiger partial charge < -0.3 is 0 Å². The summed E-state index contributed by atoms with van der Waals surface area (Å²) in [7, 11) is 0. The molecule has 1 aromatic rings. The van der Waals surface area contributed by atoms with Crippen LogP contribution in [0.2, 0.25) is 5.02 Å². The molecular formula is C16H25ClN2. The van der Waals surface area contributed by atoms with Crippen LogP contribution in [0.4, 0.5) is 0 Å². The lowest BCUT2D eigenvalue weighted by molar-refractivity contribution is 0.0284. The van der Waals surface area contributed by atoms with Crippen molar-refractivity contribution in [2.24, 2.45) is 0 Å². The minimum absolute atomic E-state index is 0.349. The predicted molar refractivity (Wildman–Crippen MR) is 82.2 cm³/mol. The molecule has 3 unspecified atom stereocenters. The Hall–Kier alpha value is -0.570. The lowest BCUT2D eigenvalue weighted by Crippen LogP contribution is -2.53. The number of nitrogens with zero attached hydrogens (tertiary/aromatic N) is 1. The summed E-state index contributed by atoms with van der Waals surface area (Å²) in [4.78, 5) is 0. The summed E-state index contributed by atoms with van der Waals surface area (Å²) in [6.45, 7) is 6.85. The van der Waals surface area contributed by atoms with E-state index in [1.54, 1.807) is 0 Å². The van der Waals surface area contributed by atoms with Gasteiger partial charge in [0.2, 0.25) is 0 Å². The third-order valence-corrected chi connectivity index (χ3v) is 4.39. The molecular weight excluding hydrogens is 256 g/mol. The van der Waals surface area contributed by atoms with E-state index in [0.29, 0.717) is 18.1 Å². The molecule has 1 heterocycles. The minimum Gasteiger partial charge on any atom is -0.247 e. The van der Waals surface area contributed by atoms with Gasteiger partial charge in [-0.3, -0.25) is 0 Å². The van der Waals surface area contributed by atoms with Crippen LogP contribution in [0.1, 0.15) is 58.1 Å². The third-order valence-electron chi connectivity index (χ3n) is 4.16. The van der Waals surface area contributed by atoms with Crippen LogP contribution in [-0.2, 0) is 0 Å². The van der Waals surface area contributed by atoms with E-state index in [0.717, 1.165) is 11.4 Å². The molecule has 1 fully saturated rings. The van der Waals surface area contributed by atoms with Gasteiger partial charge in [0.05, 0.1) is 0 Å². The molecule has 19 heavy (non-hydrogen) atoms. The molecule has 0 saturated carbocycles. The predicted octanol–water partition coefficient (Wildman–Crippen LogP) is 4.56. The molecule has 0 aromatic heterocycles. The Kier molecular flexibility index (Phi) is 5.26. The van der Waals surface area contributed by atoms with E-state index in [-0.39, 0.29) is 0 Å². The van der Waals surface area contributed by atoms with Crippen LogP contribution in [0.15, 0.2) is 24.3 Å². The highest BCUT2D eigenvalue weighted by molar-refractivity contribution is 6.30. The number of hydrogen-bond acceptors (Lipinski definition) is 2. The number of nitrogens with one attached hydrogen (secondary N) is 1. The highest BCUT2D eigenvalue weighted by atomic mass is 35.5. The first-order valence-electron chi connectivity index (χ1n) is 7.41. The lowest BCUT2D eigenvalue weighted by Gasteiger charge is -2.41. The normalized spacial score (nSPS) is 26.3. The number of piperidine rings is 1. The van der Waals surface area contributed by atoms with Gasteiger partial charge in [-0.05, 0) is 50.8 Å². The van der Waals surface area contributed by atoms with Crippen molar-refractivity contribution in [3.05, 3.63) is 34.9 Å². The molecule has 0 spiro atoms. The van der Waals surface area contributed by atoms with Crippen molar-refractivity contribution in [2.45, 2.75) is 64.6 Å². The second-order valence-corrected chi connectivity index (χ2v) is 6.12. The molecule has 2 rings (SSSR count). The van der Waals surface area contributed by atoms with Gasteiger partial charge in [0.15, 0.2) is 0 Å². The van der Waals surface area contributed by atoms with Crippen molar-refractivity contribution in [3.8, 4) is 0 Å². The summed E-state index contributed by atoms with van der Waals surface area (Å²) in [5, 5.41) is 3.26. The first-order chi connectivity index (χ1) is 9.11. The average molecular weight is 281 g/mol.